The van der Waals surface area contributed by atoms with Crippen LogP contribution >= 0.6 is 0 Å². The second-order valence-corrected chi connectivity index (χ2v) is 4.33. The number of rotatable bonds is 3. The van der Waals surface area contributed by atoms with Crippen molar-refractivity contribution in [1.82, 2.24) is 4.90 Å². The van der Waals surface area contributed by atoms with Crippen LogP contribution in [-0.2, 0) is 4.79 Å². The Bertz CT molecular complexity index is 501. The first-order valence-corrected chi connectivity index (χ1v) is 5.55. The largest absolute Gasteiger partial charge is 0.463 e. The summed E-state index contributed by atoms with van der Waals surface area (Å²) in [5.74, 6) is -7.73. The number of halogens is 5. The Kier molecular flexibility index (Phi) is 4.26. The highest BCUT2D eigenvalue weighted by molar-refractivity contribution is 5.84. The number of anilines is 1. The fraction of sp³-hybridized carbons (Fsp3) is 0.417. The molecule has 20 heavy (non-hydrogen) atoms. The van der Waals surface area contributed by atoms with Crippen LogP contribution in [0.4, 0.5) is 27.6 Å². The lowest BCUT2D eigenvalue weighted by molar-refractivity contribution is -0.274. The molecule has 1 amide bonds. The van der Waals surface area contributed by atoms with Gasteiger partial charge in [0.2, 0.25) is 0 Å². The average molecular weight is 296 g/mol. The number of nitrogen functional groups attached to an aromatic ring is 1. The number of amides is 1. The molecule has 0 heterocycles. The first kappa shape index (κ1) is 16.2. The molecule has 2 N–H and O–H groups in total. The van der Waals surface area contributed by atoms with Crippen LogP contribution in [0, 0.1) is 0 Å². The van der Waals surface area contributed by atoms with E-state index >= 15 is 0 Å². The number of benzene rings is 1. The van der Waals surface area contributed by atoms with Crippen molar-refractivity contribution in [2.24, 2.45) is 0 Å². The Morgan fingerprint density at radius 1 is 1.25 bits per heavy atom. The molecule has 0 bridgehead atoms. The Labute approximate surface area is 112 Å². The summed E-state index contributed by atoms with van der Waals surface area (Å²) in [6.07, 6.45) is -5.92. The maximum Gasteiger partial charge on any atom is 0.463 e. The fourth-order valence-corrected chi connectivity index (χ4v) is 1.56. The van der Waals surface area contributed by atoms with E-state index in [0.717, 1.165) is 7.05 Å². The molecule has 1 atom stereocenters. The van der Waals surface area contributed by atoms with Crippen LogP contribution in [0.2, 0.25) is 0 Å². The Morgan fingerprint density at radius 3 is 2.25 bits per heavy atom. The molecule has 0 spiro atoms. The normalized spacial score (nSPS) is 13.9. The van der Waals surface area contributed by atoms with Gasteiger partial charge < -0.3 is 10.6 Å². The first-order valence-electron chi connectivity index (χ1n) is 5.55. The molecular formula is C12H13F5N2O. The van der Waals surface area contributed by atoms with Gasteiger partial charge in [0.25, 0.3) is 0 Å². The van der Waals surface area contributed by atoms with Gasteiger partial charge in [-0.05, 0) is 24.6 Å². The van der Waals surface area contributed by atoms with Crippen molar-refractivity contribution in [2.45, 2.75) is 25.1 Å². The molecule has 0 aliphatic heterocycles. The lowest BCUT2D eigenvalue weighted by atomic mass is 10.1. The summed E-state index contributed by atoms with van der Waals surface area (Å²) in [5, 5.41) is 0. The van der Waals surface area contributed by atoms with E-state index in [-0.39, 0.29) is 0 Å². The highest BCUT2D eigenvalue weighted by atomic mass is 19.4. The molecule has 0 aliphatic rings. The summed E-state index contributed by atoms with van der Waals surface area (Å²) in [5.41, 5.74) is 6.17. The average Bonchev–Trinajstić information content (AvgIpc) is 2.34. The lowest BCUT2D eigenvalue weighted by Gasteiger charge is -2.29. The predicted molar refractivity (Wildman–Crippen MR) is 63.0 cm³/mol. The van der Waals surface area contributed by atoms with Crippen molar-refractivity contribution in [1.29, 1.82) is 0 Å². The zero-order chi connectivity index (χ0) is 15.7. The molecule has 1 rings (SSSR count). The van der Waals surface area contributed by atoms with Gasteiger partial charge in [-0.15, -0.1) is 0 Å². The van der Waals surface area contributed by atoms with Crippen molar-refractivity contribution >= 4 is 11.6 Å². The monoisotopic (exact) mass is 296 g/mol. The Morgan fingerprint density at radius 2 is 1.80 bits per heavy atom. The highest BCUT2D eigenvalue weighted by Gasteiger charge is 2.64. The van der Waals surface area contributed by atoms with E-state index in [2.05, 4.69) is 0 Å². The molecule has 0 radical (unpaired) electrons. The van der Waals surface area contributed by atoms with Crippen LogP contribution in [0.5, 0.6) is 0 Å². The third-order valence-electron chi connectivity index (χ3n) is 2.92. The summed E-state index contributed by atoms with van der Waals surface area (Å²) in [6.45, 7) is 1.33. The Hall–Kier alpha value is -1.86. The number of nitrogens with zero attached hydrogens (tertiary/aromatic N) is 1. The summed E-state index contributed by atoms with van der Waals surface area (Å²) in [7, 11) is 0.885. The van der Waals surface area contributed by atoms with Crippen molar-refractivity contribution in [3.63, 3.8) is 0 Å². The van der Waals surface area contributed by atoms with Gasteiger partial charge in [-0.3, -0.25) is 4.79 Å². The second kappa shape index (κ2) is 5.26. The van der Waals surface area contributed by atoms with Gasteiger partial charge in [0, 0.05) is 12.7 Å². The molecule has 0 saturated heterocycles. The van der Waals surface area contributed by atoms with E-state index in [4.69, 9.17) is 5.73 Å². The SMILES string of the molecule is CC(c1cccc(N)c1)N(C)C(=O)C(F)(F)C(F)(F)F. The van der Waals surface area contributed by atoms with Crippen molar-refractivity contribution in [2.75, 3.05) is 12.8 Å². The summed E-state index contributed by atoms with van der Waals surface area (Å²) in [4.78, 5) is 11.7. The number of hydrogen-bond acceptors (Lipinski definition) is 2. The topological polar surface area (TPSA) is 46.3 Å². The van der Waals surface area contributed by atoms with Gasteiger partial charge >= 0.3 is 18.0 Å². The minimum atomic E-state index is -5.92. The molecule has 3 nitrogen and oxygen atoms in total. The Balaban J connectivity index is 3.00. The number of nitrogens with two attached hydrogens (primary N) is 1. The molecule has 0 fully saturated rings. The maximum absolute atomic E-state index is 13.0. The zero-order valence-corrected chi connectivity index (χ0v) is 10.7. The molecule has 1 aromatic carbocycles. The van der Waals surface area contributed by atoms with Crippen molar-refractivity contribution in [3.05, 3.63) is 29.8 Å². The van der Waals surface area contributed by atoms with E-state index in [1.807, 2.05) is 0 Å². The van der Waals surface area contributed by atoms with Gasteiger partial charge in [-0.1, -0.05) is 12.1 Å². The van der Waals surface area contributed by atoms with Gasteiger partial charge in [0.05, 0.1) is 6.04 Å². The van der Waals surface area contributed by atoms with Gasteiger partial charge in [-0.25, -0.2) is 0 Å². The van der Waals surface area contributed by atoms with Crippen molar-refractivity contribution < 1.29 is 26.7 Å². The minimum absolute atomic E-state index is 0.317. The van der Waals surface area contributed by atoms with E-state index in [9.17, 15) is 26.7 Å². The molecule has 0 aromatic heterocycles. The maximum atomic E-state index is 13.0. The highest BCUT2D eigenvalue weighted by Crippen LogP contribution is 2.38. The van der Waals surface area contributed by atoms with Crippen LogP contribution in [0.1, 0.15) is 18.5 Å². The zero-order valence-electron chi connectivity index (χ0n) is 10.7. The van der Waals surface area contributed by atoms with E-state index in [1.165, 1.54) is 31.2 Å². The van der Waals surface area contributed by atoms with Crippen molar-refractivity contribution in [3.8, 4) is 0 Å². The van der Waals surface area contributed by atoms with Crippen LogP contribution in [-0.4, -0.2) is 30.0 Å². The molecule has 1 unspecified atom stereocenters. The fourth-order valence-electron chi connectivity index (χ4n) is 1.56. The van der Waals surface area contributed by atoms with Crippen LogP contribution in [0.15, 0.2) is 24.3 Å². The summed E-state index contributed by atoms with van der Waals surface area (Å²) < 4.78 is 62.4. The van der Waals surface area contributed by atoms with E-state index in [0.29, 0.717) is 16.2 Å². The standard InChI is InChI=1S/C12H13F5N2O/c1-7(8-4-3-5-9(18)6-8)19(2)10(20)11(13,14)12(15,16)17/h3-7H,18H2,1-2H3. The van der Waals surface area contributed by atoms with E-state index in [1.54, 1.807) is 0 Å². The molecule has 1 aromatic rings. The van der Waals surface area contributed by atoms with Crippen LogP contribution in [0.25, 0.3) is 0 Å². The smallest absolute Gasteiger partial charge is 0.399 e. The lowest BCUT2D eigenvalue weighted by Crippen LogP contribution is -2.51. The summed E-state index contributed by atoms with van der Waals surface area (Å²) in [6, 6.07) is 4.96. The minimum Gasteiger partial charge on any atom is -0.399 e. The molecular weight excluding hydrogens is 283 g/mol. The predicted octanol–water partition coefficient (Wildman–Crippen LogP) is 2.99. The van der Waals surface area contributed by atoms with Crippen LogP contribution < -0.4 is 5.73 Å². The third kappa shape index (κ3) is 3.00. The van der Waals surface area contributed by atoms with E-state index < -0.39 is 24.0 Å². The molecule has 0 aliphatic carbocycles. The second-order valence-electron chi connectivity index (χ2n) is 4.33. The number of alkyl halides is 5. The molecule has 0 saturated carbocycles. The summed E-state index contributed by atoms with van der Waals surface area (Å²) >= 11 is 0. The quantitative estimate of drug-likeness (QED) is 0.688. The number of hydrogen-bond donors (Lipinski definition) is 1. The van der Waals surface area contributed by atoms with Crippen LogP contribution in [0.3, 0.4) is 0 Å². The number of carbonyl (C=O) groups excluding carboxylic acids is 1. The number of carbonyl (C=O) groups is 1. The molecule has 112 valence electrons. The van der Waals surface area contributed by atoms with Gasteiger partial charge in [-0.2, -0.15) is 22.0 Å². The van der Waals surface area contributed by atoms with Gasteiger partial charge in [0.15, 0.2) is 0 Å². The first-order chi connectivity index (χ1) is 8.98. The van der Waals surface area contributed by atoms with Gasteiger partial charge in [0.1, 0.15) is 0 Å². The molecule has 8 heteroatoms. The third-order valence-corrected chi connectivity index (χ3v) is 2.92.